The summed E-state index contributed by atoms with van der Waals surface area (Å²) in [7, 11) is 1.86. The Balaban J connectivity index is 2.13. The standard InChI is InChI=1S/C17H34N2O/c1-14(2)15-7-5-9-17(11-15,12-18)19-10-6-8-16(3,13-19)20-4/h14-15H,5-13,18H2,1-4H3. The van der Waals surface area contributed by atoms with Crippen LogP contribution in [0, 0.1) is 11.8 Å². The maximum atomic E-state index is 6.28. The van der Waals surface area contributed by atoms with E-state index in [9.17, 15) is 0 Å². The van der Waals surface area contributed by atoms with E-state index in [2.05, 4.69) is 25.7 Å². The van der Waals surface area contributed by atoms with Crippen molar-refractivity contribution >= 4 is 0 Å². The lowest BCUT2D eigenvalue weighted by atomic mass is 9.70. The van der Waals surface area contributed by atoms with Crippen LogP contribution in [0.1, 0.15) is 59.3 Å². The zero-order chi connectivity index (χ0) is 14.8. The van der Waals surface area contributed by atoms with E-state index in [0.717, 1.165) is 24.9 Å². The second kappa shape index (κ2) is 6.33. The third-order valence-electron chi connectivity index (χ3n) is 6.00. The van der Waals surface area contributed by atoms with Gasteiger partial charge in [-0.05, 0) is 51.0 Å². The number of nitrogens with zero attached hydrogens (tertiary/aromatic N) is 1. The van der Waals surface area contributed by atoms with Gasteiger partial charge in [-0.2, -0.15) is 0 Å². The van der Waals surface area contributed by atoms with E-state index in [4.69, 9.17) is 10.5 Å². The molecule has 1 aliphatic carbocycles. The van der Waals surface area contributed by atoms with Crippen molar-refractivity contribution in [3.05, 3.63) is 0 Å². The van der Waals surface area contributed by atoms with Crippen LogP contribution in [0.5, 0.6) is 0 Å². The third kappa shape index (κ3) is 3.20. The summed E-state index contributed by atoms with van der Waals surface area (Å²) in [5.41, 5.74) is 6.53. The van der Waals surface area contributed by atoms with E-state index in [1.54, 1.807) is 0 Å². The predicted molar refractivity (Wildman–Crippen MR) is 84.8 cm³/mol. The van der Waals surface area contributed by atoms with Gasteiger partial charge in [-0.3, -0.25) is 4.90 Å². The van der Waals surface area contributed by atoms with Crippen molar-refractivity contribution in [2.45, 2.75) is 70.4 Å². The number of methoxy groups -OCH3 is 1. The lowest BCUT2D eigenvalue weighted by Gasteiger charge is -2.53. The molecule has 3 heteroatoms. The van der Waals surface area contributed by atoms with E-state index >= 15 is 0 Å². The lowest BCUT2D eigenvalue weighted by Crippen LogP contribution is -2.62. The van der Waals surface area contributed by atoms with E-state index < -0.39 is 0 Å². The molecule has 2 rings (SSSR count). The topological polar surface area (TPSA) is 38.5 Å². The molecule has 0 radical (unpaired) electrons. The molecule has 0 aromatic carbocycles. The van der Waals surface area contributed by atoms with Gasteiger partial charge in [-0.1, -0.05) is 26.7 Å². The molecule has 0 bridgehead atoms. The SMILES string of the molecule is COC1(C)CCCN(C2(CN)CCCC(C(C)C)C2)C1. The molecule has 3 nitrogen and oxygen atoms in total. The van der Waals surface area contributed by atoms with Crippen molar-refractivity contribution in [1.29, 1.82) is 0 Å². The number of piperidine rings is 1. The van der Waals surface area contributed by atoms with Crippen molar-refractivity contribution in [3.8, 4) is 0 Å². The summed E-state index contributed by atoms with van der Waals surface area (Å²) in [6.45, 7) is 10.0. The van der Waals surface area contributed by atoms with E-state index in [0.29, 0.717) is 0 Å². The Kier molecular flexibility index (Phi) is 5.14. The first kappa shape index (κ1) is 16.3. The summed E-state index contributed by atoms with van der Waals surface area (Å²) in [6.07, 6.45) is 7.68. The number of hydrogen-bond donors (Lipinski definition) is 1. The highest BCUT2D eigenvalue weighted by molar-refractivity contribution is 5.01. The molecular formula is C17H34N2O. The molecule has 0 spiro atoms. The highest BCUT2D eigenvalue weighted by Crippen LogP contribution is 2.41. The number of nitrogens with two attached hydrogens (primary N) is 1. The molecule has 1 saturated carbocycles. The van der Waals surface area contributed by atoms with E-state index in [1.165, 1.54) is 45.1 Å². The number of ether oxygens (including phenoxy) is 1. The van der Waals surface area contributed by atoms with Gasteiger partial charge in [0.2, 0.25) is 0 Å². The molecule has 0 amide bonds. The fraction of sp³-hybridized carbons (Fsp3) is 1.00. The Labute approximate surface area is 125 Å². The van der Waals surface area contributed by atoms with Crippen LogP contribution in [0.25, 0.3) is 0 Å². The van der Waals surface area contributed by atoms with Gasteiger partial charge in [0.15, 0.2) is 0 Å². The summed E-state index contributed by atoms with van der Waals surface area (Å²) < 4.78 is 5.78. The zero-order valence-corrected chi connectivity index (χ0v) is 14.0. The molecule has 3 atom stereocenters. The smallest absolute Gasteiger partial charge is 0.0777 e. The Morgan fingerprint density at radius 2 is 2.05 bits per heavy atom. The molecule has 20 heavy (non-hydrogen) atoms. The fourth-order valence-corrected chi connectivity index (χ4v) is 4.33. The minimum atomic E-state index is 0.0190. The highest BCUT2D eigenvalue weighted by Gasteiger charge is 2.44. The van der Waals surface area contributed by atoms with Gasteiger partial charge in [-0.25, -0.2) is 0 Å². The maximum absolute atomic E-state index is 6.28. The largest absolute Gasteiger partial charge is 0.377 e. The van der Waals surface area contributed by atoms with Crippen molar-refractivity contribution in [1.82, 2.24) is 4.90 Å². The molecule has 2 fully saturated rings. The molecule has 1 aliphatic heterocycles. The summed E-state index contributed by atoms with van der Waals surface area (Å²) >= 11 is 0. The lowest BCUT2D eigenvalue weighted by molar-refractivity contribution is -0.0928. The first-order valence-corrected chi connectivity index (χ1v) is 8.45. The minimum absolute atomic E-state index is 0.0190. The van der Waals surface area contributed by atoms with Crippen LogP contribution in [-0.4, -0.2) is 42.8 Å². The molecule has 1 saturated heterocycles. The van der Waals surface area contributed by atoms with Crippen LogP contribution >= 0.6 is 0 Å². The molecule has 118 valence electrons. The number of rotatable bonds is 4. The summed E-state index contributed by atoms with van der Waals surface area (Å²) in [6, 6.07) is 0. The Morgan fingerprint density at radius 1 is 1.30 bits per heavy atom. The third-order valence-corrected chi connectivity index (χ3v) is 6.00. The summed E-state index contributed by atoms with van der Waals surface area (Å²) in [5.74, 6) is 1.61. The number of likely N-dealkylation sites (tertiary alicyclic amines) is 1. The van der Waals surface area contributed by atoms with Gasteiger partial charge in [0.25, 0.3) is 0 Å². The van der Waals surface area contributed by atoms with Crippen LogP contribution in [-0.2, 0) is 4.74 Å². The van der Waals surface area contributed by atoms with E-state index in [1.807, 2.05) is 7.11 Å². The summed E-state index contributed by atoms with van der Waals surface area (Å²) in [4.78, 5) is 2.68. The minimum Gasteiger partial charge on any atom is -0.377 e. The van der Waals surface area contributed by atoms with Crippen LogP contribution < -0.4 is 5.73 Å². The average molecular weight is 282 g/mol. The first-order valence-electron chi connectivity index (χ1n) is 8.45. The first-order chi connectivity index (χ1) is 9.45. The van der Waals surface area contributed by atoms with Gasteiger partial charge < -0.3 is 10.5 Å². The second-order valence-electron chi connectivity index (χ2n) is 7.71. The molecule has 1 heterocycles. The highest BCUT2D eigenvalue weighted by atomic mass is 16.5. The van der Waals surface area contributed by atoms with Crippen LogP contribution in [0.15, 0.2) is 0 Å². The average Bonchev–Trinajstić information content (AvgIpc) is 2.47. The Hall–Kier alpha value is -0.120. The van der Waals surface area contributed by atoms with Crippen molar-refractivity contribution in [3.63, 3.8) is 0 Å². The van der Waals surface area contributed by atoms with Crippen LogP contribution in [0.2, 0.25) is 0 Å². The monoisotopic (exact) mass is 282 g/mol. The van der Waals surface area contributed by atoms with Crippen molar-refractivity contribution in [2.75, 3.05) is 26.7 Å². The van der Waals surface area contributed by atoms with Gasteiger partial charge >= 0.3 is 0 Å². The molecule has 0 aromatic heterocycles. The van der Waals surface area contributed by atoms with Crippen molar-refractivity contribution < 1.29 is 4.74 Å². The molecule has 0 aromatic rings. The van der Waals surface area contributed by atoms with Gasteiger partial charge in [-0.15, -0.1) is 0 Å². The normalized spacial score (nSPS) is 40.2. The second-order valence-corrected chi connectivity index (χ2v) is 7.71. The summed E-state index contributed by atoms with van der Waals surface area (Å²) in [5, 5.41) is 0. The van der Waals surface area contributed by atoms with Crippen LogP contribution in [0.4, 0.5) is 0 Å². The Bertz CT molecular complexity index is 320. The molecule has 3 unspecified atom stereocenters. The quantitative estimate of drug-likeness (QED) is 0.861. The van der Waals surface area contributed by atoms with E-state index in [-0.39, 0.29) is 11.1 Å². The van der Waals surface area contributed by atoms with Crippen LogP contribution in [0.3, 0.4) is 0 Å². The molecule has 2 aliphatic rings. The maximum Gasteiger partial charge on any atom is 0.0777 e. The predicted octanol–water partition coefficient (Wildman–Crippen LogP) is 3.03. The van der Waals surface area contributed by atoms with Gasteiger partial charge in [0, 0.05) is 25.7 Å². The number of hydrogen-bond acceptors (Lipinski definition) is 3. The molecular weight excluding hydrogens is 248 g/mol. The zero-order valence-electron chi connectivity index (χ0n) is 14.0. The van der Waals surface area contributed by atoms with Gasteiger partial charge in [0.1, 0.15) is 0 Å². The van der Waals surface area contributed by atoms with Gasteiger partial charge in [0.05, 0.1) is 5.60 Å². The Morgan fingerprint density at radius 3 is 2.65 bits per heavy atom. The fourth-order valence-electron chi connectivity index (χ4n) is 4.33. The molecule has 2 N–H and O–H groups in total. The van der Waals surface area contributed by atoms with Crippen molar-refractivity contribution in [2.24, 2.45) is 17.6 Å².